The Bertz CT molecular complexity index is 632. The van der Waals surface area contributed by atoms with Crippen molar-refractivity contribution in [1.82, 2.24) is 4.57 Å². The molecule has 0 atom stereocenters. The largest absolute Gasteiger partial charge is 0.469 e. The molecule has 20 heavy (non-hydrogen) atoms. The third-order valence-corrected chi connectivity index (χ3v) is 4.16. The average Bonchev–Trinajstić information content (AvgIpc) is 2.94. The first-order chi connectivity index (χ1) is 9.46. The lowest BCUT2D eigenvalue weighted by atomic mass is 9.76. The molecule has 2 heterocycles. The Morgan fingerprint density at radius 2 is 2.15 bits per heavy atom. The SMILES string of the molecule is Cc1cc2c(n1CCc1ccco1)CC(C)(C)CC2=O. The lowest BCUT2D eigenvalue weighted by Crippen LogP contribution is -2.28. The van der Waals surface area contributed by atoms with E-state index in [1.165, 1.54) is 11.4 Å². The van der Waals surface area contributed by atoms with Crippen molar-refractivity contribution < 1.29 is 9.21 Å². The van der Waals surface area contributed by atoms with Gasteiger partial charge in [0.15, 0.2) is 5.78 Å². The number of nitrogens with zero attached hydrogens (tertiary/aromatic N) is 1. The van der Waals surface area contributed by atoms with Crippen LogP contribution in [0.15, 0.2) is 28.9 Å². The van der Waals surface area contributed by atoms with Gasteiger partial charge in [-0.2, -0.15) is 0 Å². The van der Waals surface area contributed by atoms with E-state index >= 15 is 0 Å². The van der Waals surface area contributed by atoms with Crippen LogP contribution in [0.3, 0.4) is 0 Å². The van der Waals surface area contributed by atoms with Crippen LogP contribution in [0.4, 0.5) is 0 Å². The molecule has 0 amide bonds. The standard InChI is InChI=1S/C17H21NO2/c1-12-9-14-15(10-17(2,3)11-16(14)19)18(12)7-6-13-5-4-8-20-13/h4-5,8-9H,6-7,10-11H2,1-3H3. The maximum absolute atomic E-state index is 12.3. The second-order valence-corrected chi connectivity index (χ2v) is 6.57. The van der Waals surface area contributed by atoms with Gasteiger partial charge >= 0.3 is 0 Å². The van der Waals surface area contributed by atoms with Crippen molar-refractivity contribution in [1.29, 1.82) is 0 Å². The monoisotopic (exact) mass is 271 g/mol. The van der Waals surface area contributed by atoms with Crippen LogP contribution in [-0.4, -0.2) is 10.4 Å². The van der Waals surface area contributed by atoms with Gasteiger partial charge in [-0.1, -0.05) is 13.8 Å². The Morgan fingerprint density at radius 3 is 2.85 bits per heavy atom. The zero-order valence-corrected chi connectivity index (χ0v) is 12.4. The number of hydrogen-bond donors (Lipinski definition) is 0. The molecule has 1 aliphatic carbocycles. The molecule has 106 valence electrons. The molecule has 2 aromatic heterocycles. The highest BCUT2D eigenvalue weighted by Crippen LogP contribution is 2.36. The third-order valence-electron chi connectivity index (χ3n) is 4.16. The van der Waals surface area contributed by atoms with Gasteiger partial charge in [0.05, 0.1) is 6.26 Å². The summed E-state index contributed by atoms with van der Waals surface area (Å²) in [5.74, 6) is 1.28. The van der Waals surface area contributed by atoms with Crippen LogP contribution >= 0.6 is 0 Å². The third kappa shape index (κ3) is 2.33. The number of aryl methyl sites for hydroxylation is 2. The van der Waals surface area contributed by atoms with E-state index in [-0.39, 0.29) is 11.2 Å². The van der Waals surface area contributed by atoms with E-state index in [4.69, 9.17) is 4.42 Å². The van der Waals surface area contributed by atoms with Gasteiger partial charge in [-0.15, -0.1) is 0 Å². The molecule has 3 rings (SSSR count). The Labute approximate surface area is 119 Å². The van der Waals surface area contributed by atoms with E-state index in [2.05, 4.69) is 31.4 Å². The molecule has 0 radical (unpaired) electrons. The molecule has 0 aromatic carbocycles. The van der Waals surface area contributed by atoms with Crippen molar-refractivity contribution >= 4 is 5.78 Å². The molecule has 1 aliphatic rings. The van der Waals surface area contributed by atoms with Crippen LogP contribution < -0.4 is 0 Å². The number of rotatable bonds is 3. The van der Waals surface area contributed by atoms with Crippen molar-refractivity contribution in [3.05, 3.63) is 47.2 Å². The highest BCUT2D eigenvalue weighted by molar-refractivity contribution is 5.99. The van der Waals surface area contributed by atoms with Gasteiger partial charge in [0.2, 0.25) is 0 Å². The van der Waals surface area contributed by atoms with E-state index in [1.807, 2.05) is 12.1 Å². The predicted octanol–water partition coefficient (Wildman–Crippen LogP) is 3.79. The van der Waals surface area contributed by atoms with E-state index in [0.717, 1.165) is 30.7 Å². The number of fused-ring (bicyclic) bond motifs is 1. The molecular weight excluding hydrogens is 250 g/mol. The summed E-state index contributed by atoms with van der Waals surface area (Å²) in [6, 6.07) is 5.97. The molecule has 0 saturated carbocycles. The second-order valence-electron chi connectivity index (χ2n) is 6.57. The quantitative estimate of drug-likeness (QED) is 0.851. The molecule has 0 fully saturated rings. The highest BCUT2D eigenvalue weighted by atomic mass is 16.3. The summed E-state index contributed by atoms with van der Waals surface area (Å²) in [7, 11) is 0. The predicted molar refractivity (Wildman–Crippen MR) is 78.0 cm³/mol. The molecular formula is C17H21NO2. The van der Waals surface area contributed by atoms with Crippen LogP contribution in [0.25, 0.3) is 0 Å². The molecule has 0 aliphatic heterocycles. The van der Waals surface area contributed by atoms with Gasteiger partial charge in [0.25, 0.3) is 0 Å². The van der Waals surface area contributed by atoms with Gasteiger partial charge < -0.3 is 8.98 Å². The fourth-order valence-electron chi connectivity index (χ4n) is 3.19. The first-order valence-corrected chi connectivity index (χ1v) is 7.21. The van der Waals surface area contributed by atoms with Gasteiger partial charge in [0, 0.05) is 36.3 Å². The molecule has 0 bridgehead atoms. The van der Waals surface area contributed by atoms with E-state index in [1.54, 1.807) is 6.26 Å². The summed E-state index contributed by atoms with van der Waals surface area (Å²) < 4.78 is 7.69. The van der Waals surface area contributed by atoms with Crippen molar-refractivity contribution in [3.8, 4) is 0 Å². The molecule has 3 heteroatoms. The van der Waals surface area contributed by atoms with Crippen LogP contribution in [0.2, 0.25) is 0 Å². The Hall–Kier alpha value is -1.77. The summed E-state index contributed by atoms with van der Waals surface area (Å²) in [4.78, 5) is 12.3. The maximum Gasteiger partial charge on any atom is 0.165 e. The number of furan rings is 1. The van der Waals surface area contributed by atoms with Crippen LogP contribution in [0.5, 0.6) is 0 Å². The molecule has 0 saturated heterocycles. The summed E-state index contributed by atoms with van der Waals surface area (Å²) >= 11 is 0. The van der Waals surface area contributed by atoms with Crippen molar-refractivity contribution in [3.63, 3.8) is 0 Å². The molecule has 0 N–H and O–H groups in total. The Morgan fingerprint density at radius 1 is 1.35 bits per heavy atom. The first kappa shape index (κ1) is 13.2. The van der Waals surface area contributed by atoms with Crippen molar-refractivity contribution in [2.45, 2.75) is 46.6 Å². The van der Waals surface area contributed by atoms with Crippen LogP contribution in [-0.2, 0) is 19.4 Å². The molecule has 0 unspecified atom stereocenters. The van der Waals surface area contributed by atoms with Crippen LogP contribution in [0, 0.1) is 12.3 Å². The maximum atomic E-state index is 12.3. The number of Topliss-reactive ketones (excluding diaryl/α,β-unsaturated/α-hetero) is 1. The average molecular weight is 271 g/mol. The van der Waals surface area contributed by atoms with Gasteiger partial charge in [0.1, 0.15) is 5.76 Å². The fraction of sp³-hybridized carbons (Fsp3) is 0.471. The number of hydrogen-bond acceptors (Lipinski definition) is 2. The molecule has 3 nitrogen and oxygen atoms in total. The number of aromatic nitrogens is 1. The summed E-state index contributed by atoms with van der Waals surface area (Å²) in [5.41, 5.74) is 3.38. The summed E-state index contributed by atoms with van der Waals surface area (Å²) in [6.45, 7) is 7.30. The Balaban J connectivity index is 1.90. The first-order valence-electron chi connectivity index (χ1n) is 7.21. The van der Waals surface area contributed by atoms with Crippen molar-refractivity contribution in [2.75, 3.05) is 0 Å². The van der Waals surface area contributed by atoms with E-state index in [9.17, 15) is 4.79 Å². The zero-order chi connectivity index (χ0) is 14.3. The smallest absolute Gasteiger partial charge is 0.165 e. The van der Waals surface area contributed by atoms with Gasteiger partial charge in [-0.05, 0) is 37.0 Å². The summed E-state index contributed by atoms with van der Waals surface area (Å²) in [5, 5.41) is 0. The zero-order valence-electron chi connectivity index (χ0n) is 12.4. The summed E-state index contributed by atoms with van der Waals surface area (Å²) in [6.07, 6.45) is 4.20. The second kappa shape index (κ2) is 4.65. The highest BCUT2D eigenvalue weighted by Gasteiger charge is 2.33. The normalized spacial score (nSPS) is 17.2. The lowest BCUT2D eigenvalue weighted by Gasteiger charge is -2.29. The van der Waals surface area contributed by atoms with E-state index in [0.29, 0.717) is 6.42 Å². The minimum absolute atomic E-state index is 0.0668. The van der Waals surface area contributed by atoms with Crippen LogP contribution in [0.1, 0.15) is 47.8 Å². The van der Waals surface area contributed by atoms with E-state index < -0.39 is 0 Å². The van der Waals surface area contributed by atoms with Crippen molar-refractivity contribution in [2.24, 2.45) is 5.41 Å². The lowest BCUT2D eigenvalue weighted by molar-refractivity contribution is 0.0910. The van der Waals surface area contributed by atoms with Gasteiger partial charge in [-0.3, -0.25) is 4.79 Å². The molecule has 2 aromatic rings. The fourth-order valence-corrected chi connectivity index (χ4v) is 3.19. The minimum Gasteiger partial charge on any atom is -0.469 e. The van der Waals surface area contributed by atoms with Gasteiger partial charge in [-0.25, -0.2) is 0 Å². The molecule has 0 spiro atoms. The number of carbonyl (C=O) groups is 1. The topological polar surface area (TPSA) is 35.1 Å². The number of carbonyl (C=O) groups excluding carboxylic acids is 1. The number of ketones is 1. The Kier molecular flexibility index (Phi) is 3.08. The minimum atomic E-state index is 0.0668.